The monoisotopic (exact) mass is 256 g/mol. The van der Waals surface area contributed by atoms with Gasteiger partial charge in [-0.3, -0.25) is 0 Å². The van der Waals surface area contributed by atoms with Crippen LogP contribution in [0.2, 0.25) is 0 Å². The molecular weight excluding hydrogens is 220 g/mol. The van der Waals surface area contributed by atoms with Crippen molar-refractivity contribution >= 4 is 0 Å². The van der Waals surface area contributed by atoms with Crippen molar-refractivity contribution in [3.8, 4) is 0 Å². The molecule has 2 saturated carbocycles. The van der Waals surface area contributed by atoms with Gasteiger partial charge in [0.1, 0.15) is 0 Å². The van der Waals surface area contributed by atoms with Gasteiger partial charge >= 0.3 is 0 Å². The van der Waals surface area contributed by atoms with Crippen LogP contribution < -0.4 is 0 Å². The van der Waals surface area contributed by atoms with Crippen LogP contribution >= 0.6 is 0 Å². The van der Waals surface area contributed by atoms with E-state index in [1.54, 1.807) is 14.2 Å². The minimum absolute atomic E-state index is 0.578. The van der Waals surface area contributed by atoms with Crippen molar-refractivity contribution in [2.75, 3.05) is 14.2 Å². The third kappa shape index (κ3) is 3.10. The molecular formula is C17H36O. The minimum atomic E-state index is 0.578. The highest BCUT2D eigenvalue weighted by Gasteiger charge is 2.58. The fourth-order valence-electron chi connectivity index (χ4n) is 4.15. The summed E-state index contributed by atoms with van der Waals surface area (Å²) in [6.45, 7) is 16.5. The first-order chi connectivity index (χ1) is 8.21. The molecule has 2 aliphatic carbocycles. The first-order valence-electron chi connectivity index (χ1n) is 7.61. The number of ether oxygens (including phenoxy) is 1. The molecule has 2 fully saturated rings. The van der Waals surface area contributed by atoms with Gasteiger partial charge in [0.15, 0.2) is 0 Å². The maximum Gasteiger partial charge on any atom is 0.0351 e. The van der Waals surface area contributed by atoms with Gasteiger partial charge in [0.05, 0.1) is 0 Å². The van der Waals surface area contributed by atoms with Crippen LogP contribution in [0, 0.1) is 22.2 Å². The van der Waals surface area contributed by atoms with Crippen molar-refractivity contribution in [3.63, 3.8) is 0 Å². The van der Waals surface area contributed by atoms with Gasteiger partial charge < -0.3 is 4.74 Å². The molecule has 0 amide bonds. The Hall–Kier alpha value is -0.0400. The van der Waals surface area contributed by atoms with Crippen molar-refractivity contribution in [1.82, 2.24) is 0 Å². The average molecular weight is 256 g/mol. The van der Waals surface area contributed by atoms with Crippen molar-refractivity contribution in [1.29, 1.82) is 0 Å². The lowest BCUT2D eigenvalue weighted by molar-refractivity contribution is -0.0379. The molecule has 0 saturated heterocycles. The number of methoxy groups -OCH3 is 1. The van der Waals surface area contributed by atoms with E-state index < -0.39 is 0 Å². The van der Waals surface area contributed by atoms with Crippen LogP contribution in [-0.4, -0.2) is 14.2 Å². The van der Waals surface area contributed by atoms with E-state index in [1.807, 2.05) is 13.8 Å². The molecule has 2 unspecified atom stereocenters. The van der Waals surface area contributed by atoms with Crippen LogP contribution in [0.5, 0.6) is 0 Å². The van der Waals surface area contributed by atoms with Crippen LogP contribution in [0.4, 0.5) is 0 Å². The number of rotatable bonds is 0. The van der Waals surface area contributed by atoms with E-state index in [0.717, 1.165) is 5.92 Å². The molecule has 0 spiro atoms. The SMILES string of the molecule is CC.CC1(C)CCC2(C)CCC1C2(C)C.COC. The Balaban J connectivity index is 0.000000509. The molecule has 0 aromatic carbocycles. The quantitative estimate of drug-likeness (QED) is 0.553. The maximum atomic E-state index is 4.25. The lowest BCUT2D eigenvalue weighted by Crippen LogP contribution is -2.45. The maximum absolute atomic E-state index is 4.25. The topological polar surface area (TPSA) is 9.23 Å². The molecule has 18 heavy (non-hydrogen) atoms. The lowest BCUT2D eigenvalue weighted by atomic mass is 9.52. The van der Waals surface area contributed by atoms with E-state index in [2.05, 4.69) is 39.4 Å². The molecule has 2 bridgehead atoms. The highest BCUT2D eigenvalue weighted by Crippen LogP contribution is 2.67. The highest BCUT2D eigenvalue weighted by molar-refractivity contribution is 5.08. The molecule has 0 radical (unpaired) electrons. The molecule has 0 heterocycles. The second-order valence-corrected chi connectivity index (χ2v) is 7.27. The zero-order valence-electron chi connectivity index (χ0n) is 14.3. The van der Waals surface area contributed by atoms with Gasteiger partial charge in [-0.25, -0.2) is 0 Å². The van der Waals surface area contributed by atoms with Crippen LogP contribution in [-0.2, 0) is 4.74 Å². The zero-order valence-corrected chi connectivity index (χ0v) is 14.3. The molecule has 0 aromatic rings. The molecule has 1 heteroatoms. The van der Waals surface area contributed by atoms with Gasteiger partial charge in [-0.1, -0.05) is 48.5 Å². The van der Waals surface area contributed by atoms with E-state index in [-0.39, 0.29) is 0 Å². The Labute approximate surface area is 116 Å². The first-order valence-corrected chi connectivity index (χ1v) is 7.61. The van der Waals surface area contributed by atoms with Crippen molar-refractivity contribution in [2.45, 2.75) is 74.1 Å². The van der Waals surface area contributed by atoms with Crippen LogP contribution in [0.15, 0.2) is 0 Å². The summed E-state index contributed by atoms with van der Waals surface area (Å²) >= 11 is 0. The second kappa shape index (κ2) is 6.41. The Morgan fingerprint density at radius 3 is 1.67 bits per heavy atom. The van der Waals surface area contributed by atoms with Gasteiger partial charge in [0, 0.05) is 14.2 Å². The van der Waals surface area contributed by atoms with E-state index in [9.17, 15) is 0 Å². The summed E-state index contributed by atoms with van der Waals surface area (Å²) in [4.78, 5) is 0. The fourth-order valence-corrected chi connectivity index (χ4v) is 4.15. The van der Waals surface area contributed by atoms with Gasteiger partial charge in [0.25, 0.3) is 0 Å². The molecule has 1 nitrogen and oxygen atoms in total. The molecule has 0 N–H and O–H groups in total. The first kappa shape index (κ1) is 18.0. The van der Waals surface area contributed by atoms with Gasteiger partial charge in [-0.15, -0.1) is 0 Å². The Morgan fingerprint density at radius 2 is 1.28 bits per heavy atom. The van der Waals surface area contributed by atoms with Gasteiger partial charge in [0.2, 0.25) is 0 Å². The molecule has 0 aromatic heterocycles. The van der Waals surface area contributed by atoms with Gasteiger partial charge in [-0.2, -0.15) is 0 Å². The second-order valence-electron chi connectivity index (χ2n) is 7.27. The average Bonchev–Trinajstić information content (AvgIpc) is 2.43. The lowest BCUT2D eigenvalue weighted by Gasteiger charge is -2.53. The summed E-state index contributed by atoms with van der Waals surface area (Å²) < 4.78 is 4.25. The predicted molar refractivity (Wildman–Crippen MR) is 81.9 cm³/mol. The van der Waals surface area contributed by atoms with Crippen molar-refractivity contribution in [2.24, 2.45) is 22.2 Å². The van der Waals surface area contributed by atoms with E-state index in [0.29, 0.717) is 16.2 Å². The Bertz CT molecular complexity index is 242. The smallest absolute Gasteiger partial charge is 0.0351 e. The third-order valence-electron chi connectivity index (χ3n) is 5.68. The Kier molecular flexibility index (Phi) is 6.40. The van der Waals surface area contributed by atoms with Crippen LogP contribution in [0.3, 0.4) is 0 Å². The summed E-state index contributed by atoms with van der Waals surface area (Å²) in [5, 5.41) is 0. The fraction of sp³-hybridized carbons (Fsp3) is 1.00. The van der Waals surface area contributed by atoms with Gasteiger partial charge in [-0.05, 0) is 47.8 Å². The molecule has 2 aliphatic rings. The zero-order chi connectivity index (χ0) is 14.6. The summed E-state index contributed by atoms with van der Waals surface area (Å²) in [7, 11) is 3.25. The van der Waals surface area contributed by atoms with Crippen LogP contribution in [0.25, 0.3) is 0 Å². The van der Waals surface area contributed by atoms with Crippen molar-refractivity contribution < 1.29 is 4.74 Å². The molecule has 110 valence electrons. The number of hydrogen-bond donors (Lipinski definition) is 0. The summed E-state index contributed by atoms with van der Waals surface area (Å²) in [5.74, 6) is 0.957. The third-order valence-corrected chi connectivity index (χ3v) is 5.68. The van der Waals surface area contributed by atoms with Crippen LogP contribution in [0.1, 0.15) is 74.1 Å². The summed E-state index contributed by atoms with van der Waals surface area (Å²) in [5.41, 5.74) is 1.82. The standard InChI is InChI=1S/C13H24.C2H6O.C2H6/c1-11(2)8-9-13(5)7-6-10(11)12(13,3)4;1-3-2;1-2/h10H,6-9H2,1-5H3;1-2H3;1-2H3. The normalized spacial score (nSPS) is 34.8. The minimum Gasteiger partial charge on any atom is -0.388 e. The van der Waals surface area contributed by atoms with Crippen molar-refractivity contribution in [3.05, 3.63) is 0 Å². The van der Waals surface area contributed by atoms with E-state index in [4.69, 9.17) is 0 Å². The predicted octanol–water partition coefficient (Wildman–Crippen LogP) is 5.54. The molecule has 2 atom stereocenters. The molecule has 2 rings (SSSR count). The number of fused-ring (bicyclic) bond motifs is 2. The summed E-state index contributed by atoms with van der Waals surface area (Å²) in [6, 6.07) is 0. The van der Waals surface area contributed by atoms with E-state index >= 15 is 0 Å². The van der Waals surface area contributed by atoms with E-state index in [1.165, 1.54) is 25.7 Å². The number of hydrogen-bond acceptors (Lipinski definition) is 1. The molecule has 0 aliphatic heterocycles. The summed E-state index contributed by atoms with van der Waals surface area (Å²) in [6.07, 6.45) is 5.83. The largest absolute Gasteiger partial charge is 0.388 e. The Morgan fingerprint density at radius 1 is 0.833 bits per heavy atom. The highest BCUT2D eigenvalue weighted by atomic mass is 16.4.